The summed E-state index contributed by atoms with van der Waals surface area (Å²) in [6, 6.07) is 20.8. The molecule has 0 aliphatic heterocycles. The van der Waals surface area contributed by atoms with Gasteiger partial charge in [0.05, 0.1) is 26.3 Å². The topological polar surface area (TPSA) is 78.3 Å². The van der Waals surface area contributed by atoms with Crippen molar-refractivity contribution in [3.8, 4) is 11.5 Å². The highest BCUT2D eigenvalue weighted by atomic mass is 16.5. The molecule has 4 rings (SSSR count). The Kier molecular flexibility index (Phi) is 5.61. The summed E-state index contributed by atoms with van der Waals surface area (Å²) < 4.78 is 12.4. The van der Waals surface area contributed by atoms with Crippen LogP contribution in [-0.4, -0.2) is 35.1 Å². The summed E-state index contributed by atoms with van der Waals surface area (Å²) in [7, 11) is 3.26. The third kappa shape index (κ3) is 4.10. The Morgan fingerprint density at radius 2 is 1.87 bits per heavy atom. The number of ether oxygens (including phenoxy) is 2. The molecule has 0 aliphatic carbocycles. The SMILES string of the molecule is COc1cccc(Cn2nnc3cc(C(=O)NCc4ccccc4OC)ccc32)c1. The second kappa shape index (κ2) is 8.65. The first kappa shape index (κ1) is 19.4. The molecule has 4 aromatic rings. The lowest BCUT2D eigenvalue weighted by atomic mass is 10.1. The highest BCUT2D eigenvalue weighted by molar-refractivity contribution is 5.97. The summed E-state index contributed by atoms with van der Waals surface area (Å²) in [4.78, 5) is 12.6. The van der Waals surface area contributed by atoms with Crippen molar-refractivity contribution in [3.63, 3.8) is 0 Å². The molecule has 1 N–H and O–H groups in total. The molecule has 0 unspecified atom stereocenters. The normalized spacial score (nSPS) is 10.7. The van der Waals surface area contributed by atoms with E-state index < -0.39 is 0 Å². The number of aromatic nitrogens is 3. The van der Waals surface area contributed by atoms with Crippen molar-refractivity contribution in [2.75, 3.05) is 14.2 Å². The van der Waals surface area contributed by atoms with Gasteiger partial charge < -0.3 is 14.8 Å². The number of fused-ring (bicyclic) bond motifs is 1. The summed E-state index contributed by atoms with van der Waals surface area (Å²) >= 11 is 0. The maximum absolute atomic E-state index is 12.6. The van der Waals surface area contributed by atoms with Gasteiger partial charge in [0.2, 0.25) is 0 Å². The van der Waals surface area contributed by atoms with Crippen molar-refractivity contribution in [2.45, 2.75) is 13.1 Å². The standard InChI is InChI=1S/C23H22N4O3/c1-29-19-8-5-6-16(12-19)15-27-21-11-10-17(13-20(21)25-26-27)23(28)24-14-18-7-3-4-9-22(18)30-2/h3-13H,14-15H2,1-2H3,(H,24,28). The Hall–Kier alpha value is -3.87. The Bertz CT molecular complexity index is 1190. The summed E-state index contributed by atoms with van der Waals surface area (Å²) in [5.41, 5.74) is 4.03. The monoisotopic (exact) mass is 402 g/mol. The zero-order valence-corrected chi connectivity index (χ0v) is 16.8. The third-order valence-corrected chi connectivity index (χ3v) is 4.87. The van der Waals surface area contributed by atoms with Gasteiger partial charge in [-0.05, 0) is 42.0 Å². The van der Waals surface area contributed by atoms with Crippen molar-refractivity contribution >= 4 is 16.9 Å². The van der Waals surface area contributed by atoms with Gasteiger partial charge in [0.15, 0.2) is 0 Å². The average Bonchev–Trinajstić information content (AvgIpc) is 3.19. The molecule has 7 nitrogen and oxygen atoms in total. The summed E-state index contributed by atoms with van der Waals surface area (Å²) in [6.07, 6.45) is 0. The number of carbonyl (C=O) groups is 1. The number of nitrogens with zero attached hydrogens (tertiary/aromatic N) is 3. The quantitative estimate of drug-likeness (QED) is 0.512. The minimum atomic E-state index is -0.176. The molecule has 0 spiro atoms. The molecule has 3 aromatic carbocycles. The number of carbonyl (C=O) groups excluding carboxylic acids is 1. The van der Waals surface area contributed by atoms with Gasteiger partial charge in [0.25, 0.3) is 5.91 Å². The fraction of sp³-hybridized carbons (Fsp3) is 0.174. The molecule has 0 aliphatic rings. The molecular weight excluding hydrogens is 380 g/mol. The van der Waals surface area contributed by atoms with E-state index in [1.54, 1.807) is 31.0 Å². The van der Waals surface area contributed by atoms with Crippen molar-refractivity contribution in [3.05, 3.63) is 83.4 Å². The molecule has 0 radical (unpaired) electrons. The Morgan fingerprint density at radius 3 is 2.70 bits per heavy atom. The minimum absolute atomic E-state index is 0.176. The van der Waals surface area contributed by atoms with Crippen LogP contribution in [0.1, 0.15) is 21.5 Å². The number of para-hydroxylation sites is 1. The van der Waals surface area contributed by atoms with Crippen LogP contribution >= 0.6 is 0 Å². The van der Waals surface area contributed by atoms with Crippen LogP contribution in [0.25, 0.3) is 11.0 Å². The largest absolute Gasteiger partial charge is 0.497 e. The maximum Gasteiger partial charge on any atom is 0.251 e. The van der Waals surface area contributed by atoms with Crippen LogP contribution in [0.15, 0.2) is 66.7 Å². The fourth-order valence-corrected chi connectivity index (χ4v) is 3.30. The van der Waals surface area contributed by atoms with Crippen LogP contribution in [0.5, 0.6) is 11.5 Å². The maximum atomic E-state index is 12.6. The van der Waals surface area contributed by atoms with Gasteiger partial charge in [-0.3, -0.25) is 4.79 Å². The Morgan fingerprint density at radius 1 is 1.00 bits per heavy atom. The molecule has 0 atom stereocenters. The Labute approximate surface area is 174 Å². The van der Waals surface area contributed by atoms with Crippen LogP contribution < -0.4 is 14.8 Å². The van der Waals surface area contributed by atoms with E-state index in [0.717, 1.165) is 28.1 Å². The number of amides is 1. The Balaban J connectivity index is 1.49. The molecule has 0 bridgehead atoms. The van der Waals surface area contributed by atoms with Crippen molar-refractivity contribution in [2.24, 2.45) is 0 Å². The molecule has 7 heteroatoms. The van der Waals surface area contributed by atoms with Gasteiger partial charge in [0, 0.05) is 17.7 Å². The number of rotatable bonds is 7. The predicted molar refractivity (Wildman–Crippen MR) is 114 cm³/mol. The highest BCUT2D eigenvalue weighted by Crippen LogP contribution is 2.19. The van der Waals surface area contributed by atoms with E-state index in [9.17, 15) is 4.79 Å². The van der Waals surface area contributed by atoms with Crippen LogP contribution in [0.4, 0.5) is 0 Å². The number of nitrogens with one attached hydrogen (secondary N) is 1. The average molecular weight is 402 g/mol. The van der Waals surface area contributed by atoms with E-state index in [0.29, 0.717) is 24.2 Å². The van der Waals surface area contributed by atoms with Gasteiger partial charge in [-0.1, -0.05) is 35.5 Å². The lowest BCUT2D eigenvalue weighted by Gasteiger charge is -2.09. The second-order valence-corrected chi connectivity index (χ2v) is 6.80. The zero-order valence-electron chi connectivity index (χ0n) is 16.8. The minimum Gasteiger partial charge on any atom is -0.497 e. The highest BCUT2D eigenvalue weighted by Gasteiger charge is 2.12. The lowest BCUT2D eigenvalue weighted by molar-refractivity contribution is 0.0951. The van der Waals surface area contributed by atoms with Crippen LogP contribution in [0.3, 0.4) is 0 Å². The number of methoxy groups -OCH3 is 2. The molecule has 1 aromatic heterocycles. The van der Waals surface area contributed by atoms with Crippen LogP contribution in [-0.2, 0) is 13.1 Å². The zero-order chi connectivity index (χ0) is 20.9. The number of benzene rings is 3. The van der Waals surface area contributed by atoms with E-state index in [1.165, 1.54) is 0 Å². The smallest absolute Gasteiger partial charge is 0.251 e. The van der Waals surface area contributed by atoms with Crippen molar-refractivity contribution in [1.82, 2.24) is 20.3 Å². The third-order valence-electron chi connectivity index (χ3n) is 4.87. The van der Waals surface area contributed by atoms with Gasteiger partial charge in [-0.2, -0.15) is 0 Å². The van der Waals surface area contributed by atoms with Gasteiger partial charge in [0.1, 0.15) is 17.0 Å². The van der Waals surface area contributed by atoms with Crippen molar-refractivity contribution in [1.29, 1.82) is 0 Å². The molecular formula is C23H22N4O3. The second-order valence-electron chi connectivity index (χ2n) is 6.80. The molecule has 1 amide bonds. The van der Waals surface area contributed by atoms with Gasteiger partial charge in [-0.15, -0.1) is 5.10 Å². The molecule has 152 valence electrons. The van der Waals surface area contributed by atoms with Crippen LogP contribution in [0.2, 0.25) is 0 Å². The summed E-state index contributed by atoms with van der Waals surface area (Å²) in [6.45, 7) is 0.941. The first-order valence-electron chi connectivity index (χ1n) is 9.54. The number of hydrogen-bond acceptors (Lipinski definition) is 5. The summed E-state index contributed by atoms with van der Waals surface area (Å²) in [5, 5.41) is 11.4. The van der Waals surface area contributed by atoms with Gasteiger partial charge in [-0.25, -0.2) is 4.68 Å². The molecule has 0 fully saturated rings. The first-order chi connectivity index (χ1) is 14.7. The molecule has 0 saturated heterocycles. The van der Waals surface area contributed by atoms with E-state index in [-0.39, 0.29) is 5.91 Å². The van der Waals surface area contributed by atoms with E-state index in [2.05, 4.69) is 15.6 Å². The van der Waals surface area contributed by atoms with E-state index in [4.69, 9.17) is 9.47 Å². The van der Waals surface area contributed by atoms with E-state index >= 15 is 0 Å². The molecule has 0 saturated carbocycles. The lowest BCUT2D eigenvalue weighted by Crippen LogP contribution is -2.23. The van der Waals surface area contributed by atoms with E-state index in [1.807, 2.05) is 54.6 Å². The predicted octanol–water partition coefficient (Wildman–Crippen LogP) is 3.43. The fourth-order valence-electron chi connectivity index (χ4n) is 3.30. The van der Waals surface area contributed by atoms with Crippen LogP contribution in [0, 0.1) is 0 Å². The molecule has 1 heterocycles. The molecule has 30 heavy (non-hydrogen) atoms. The summed E-state index contributed by atoms with van der Waals surface area (Å²) in [5.74, 6) is 1.37. The van der Waals surface area contributed by atoms with Gasteiger partial charge >= 0.3 is 0 Å². The first-order valence-corrected chi connectivity index (χ1v) is 9.54. The number of hydrogen-bond donors (Lipinski definition) is 1. The van der Waals surface area contributed by atoms with Crippen molar-refractivity contribution < 1.29 is 14.3 Å².